The van der Waals surface area contributed by atoms with Crippen molar-refractivity contribution in [1.29, 1.82) is 0 Å². The minimum atomic E-state index is -4.53. The van der Waals surface area contributed by atoms with Crippen LogP contribution in [0.2, 0.25) is 0 Å². The van der Waals surface area contributed by atoms with Crippen LogP contribution in [0.5, 0.6) is 0 Å². The minimum absolute atomic E-state index is 0.217. The largest absolute Gasteiger partial charge is 0.417 e. The molecule has 0 amide bonds. The van der Waals surface area contributed by atoms with Crippen molar-refractivity contribution < 1.29 is 22.0 Å². The van der Waals surface area contributed by atoms with Crippen LogP contribution in [0.4, 0.5) is 22.0 Å². The number of pyridine rings is 1. The van der Waals surface area contributed by atoms with Gasteiger partial charge in [-0.2, -0.15) is 13.2 Å². The van der Waals surface area contributed by atoms with Crippen LogP contribution >= 0.6 is 0 Å². The van der Waals surface area contributed by atoms with Gasteiger partial charge in [-0.05, 0) is 12.1 Å². The van der Waals surface area contributed by atoms with Gasteiger partial charge in [-0.1, -0.05) is 0 Å². The predicted octanol–water partition coefficient (Wildman–Crippen LogP) is 2.29. The molecule has 1 saturated carbocycles. The number of alkyl halides is 5. The van der Waals surface area contributed by atoms with Gasteiger partial charge in [-0.25, -0.2) is 8.78 Å². The molecule has 0 bridgehead atoms. The van der Waals surface area contributed by atoms with E-state index in [4.69, 9.17) is 5.73 Å². The van der Waals surface area contributed by atoms with Crippen LogP contribution in [0.15, 0.2) is 18.3 Å². The third-order valence-electron chi connectivity index (χ3n) is 2.58. The standard InChI is InChI=1S/C9H7F5N2/c10-8(11)4-7(8,15)6-2-1-5(3-16-6)9(12,13)14/h1-3H,4,15H2. The number of hydrogen-bond donors (Lipinski definition) is 1. The first-order chi connectivity index (χ1) is 7.17. The molecule has 1 heterocycles. The molecule has 2 N–H and O–H groups in total. The molecule has 0 aromatic carbocycles. The van der Waals surface area contributed by atoms with Crippen LogP contribution in [0.3, 0.4) is 0 Å². The predicted molar refractivity (Wildman–Crippen MR) is 44.7 cm³/mol. The van der Waals surface area contributed by atoms with Crippen molar-refractivity contribution in [3.05, 3.63) is 29.6 Å². The van der Waals surface area contributed by atoms with E-state index in [2.05, 4.69) is 4.98 Å². The zero-order valence-corrected chi connectivity index (χ0v) is 7.85. The van der Waals surface area contributed by atoms with E-state index in [1.54, 1.807) is 0 Å². The van der Waals surface area contributed by atoms with Crippen molar-refractivity contribution in [3.63, 3.8) is 0 Å². The summed E-state index contributed by atoms with van der Waals surface area (Å²) in [5.74, 6) is -3.08. The Morgan fingerprint density at radius 3 is 2.12 bits per heavy atom. The van der Waals surface area contributed by atoms with Crippen LogP contribution in [-0.4, -0.2) is 10.9 Å². The molecular weight excluding hydrogens is 231 g/mol. The van der Waals surface area contributed by atoms with Gasteiger partial charge in [-0.3, -0.25) is 4.98 Å². The van der Waals surface area contributed by atoms with Crippen molar-refractivity contribution in [2.45, 2.75) is 24.1 Å². The molecule has 1 aromatic rings. The Balaban J connectivity index is 2.28. The Labute approximate surface area is 87.3 Å². The van der Waals surface area contributed by atoms with Crippen molar-refractivity contribution in [2.24, 2.45) is 5.73 Å². The van der Waals surface area contributed by atoms with Crippen LogP contribution in [0.25, 0.3) is 0 Å². The van der Waals surface area contributed by atoms with E-state index >= 15 is 0 Å². The van der Waals surface area contributed by atoms with Gasteiger partial charge < -0.3 is 5.73 Å². The molecular formula is C9H7F5N2. The monoisotopic (exact) mass is 238 g/mol. The molecule has 0 spiro atoms. The van der Waals surface area contributed by atoms with Crippen LogP contribution < -0.4 is 5.73 Å². The summed E-state index contributed by atoms with van der Waals surface area (Å²) in [7, 11) is 0. The summed E-state index contributed by atoms with van der Waals surface area (Å²) in [4.78, 5) is 3.35. The molecule has 1 aliphatic carbocycles. The third kappa shape index (κ3) is 1.55. The first-order valence-corrected chi connectivity index (χ1v) is 4.37. The van der Waals surface area contributed by atoms with Crippen LogP contribution in [0, 0.1) is 0 Å². The molecule has 1 aromatic heterocycles. The van der Waals surface area contributed by atoms with Crippen molar-refractivity contribution in [3.8, 4) is 0 Å². The van der Waals surface area contributed by atoms with Gasteiger partial charge in [0.15, 0.2) is 0 Å². The average Bonchev–Trinajstić information content (AvgIpc) is 2.66. The molecule has 0 aliphatic heterocycles. The number of nitrogens with two attached hydrogens (primary N) is 1. The summed E-state index contributed by atoms with van der Waals surface area (Å²) in [5, 5.41) is 0. The molecule has 16 heavy (non-hydrogen) atoms. The number of halogens is 5. The Morgan fingerprint density at radius 2 is 1.81 bits per heavy atom. The van der Waals surface area contributed by atoms with E-state index in [0.29, 0.717) is 12.3 Å². The van der Waals surface area contributed by atoms with Gasteiger partial charge in [0.05, 0.1) is 11.3 Å². The fraction of sp³-hybridized carbons (Fsp3) is 0.444. The molecule has 88 valence electrons. The van der Waals surface area contributed by atoms with E-state index < -0.39 is 29.6 Å². The van der Waals surface area contributed by atoms with Crippen LogP contribution in [0.1, 0.15) is 17.7 Å². The lowest BCUT2D eigenvalue weighted by Gasteiger charge is -2.11. The van der Waals surface area contributed by atoms with Gasteiger partial charge in [0, 0.05) is 12.6 Å². The Morgan fingerprint density at radius 1 is 1.25 bits per heavy atom. The second-order valence-electron chi connectivity index (χ2n) is 3.78. The van der Waals surface area contributed by atoms with E-state index in [1.165, 1.54) is 0 Å². The van der Waals surface area contributed by atoms with Crippen LogP contribution in [-0.2, 0) is 11.7 Å². The van der Waals surface area contributed by atoms with Crippen molar-refractivity contribution in [1.82, 2.24) is 4.98 Å². The Hall–Kier alpha value is -1.24. The molecule has 1 atom stereocenters. The van der Waals surface area contributed by atoms with Gasteiger partial charge in [0.2, 0.25) is 0 Å². The molecule has 0 saturated heterocycles. The first kappa shape index (κ1) is 11.3. The lowest BCUT2D eigenvalue weighted by Crippen LogP contribution is -2.28. The lowest BCUT2D eigenvalue weighted by molar-refractivity contribution is -0.137. The number of nitrogens with zero attached hydrogens (tertiary/aromatic N) is 1. The summed E-state index contributed by atoms with van der Waals surface area (Å²) in [6.45, 7) is 0. The topological polar surface area (TPSA) is 38.9 Å². The molecule has 0 radical (unpaired) electrons. The van der Waals surface area contributed by atoms with Gasteiger partial charge >= 0.3 is 6.18 Å². The zero-order chi connectivity index (χ0) is 12.2. The highest BCUT2D eigenvalue weighted by molar-refractivity contribution is 5.32. The van der Waals surface area contributed by atoms with E-state index in [-0.39, 0.29) is 5.69 Å². The highest BCUT2D eigenvalue weighted by Gasteiger charge is 2.71. The maximum absolute atomic E-state index is 12.8. The smallest absolute Gasteiger partial charge is 0.315 e. The minimum Gasteiger partial charge on any atom is -0.315 e. The molecule has 1 aliphatic rings. The Kier molecular flexibility index (Phi) is 2.04. The quantitative estimate of drug-likeness (QED) is 0.762. The van der Waals surface area contributed by atoms with Gasteiger partial charge in [0.1, 0.15) is 5.54 Å². The number of rotatable bonds is 1. The third-order valence-corrected chi connectivity index (χ3v) is 2.58. The second-order valence-corrected chi connectivity index (χ2v) is 3.78. The second kappa shape index (κ2) is 2.91. The van der Waals surface area contributed by atoms with E-state index in [1.807, 2.05) is 0 Å². The fourth-order valence-corrected chi connectivity index (χ4v) is 1.41. The number of aromatic nitrogens is 1. The average molecular weight is 238 g/mol. The Bertz CT molecular complexity index is 411. The molecule has 2 rings (SSSR count). The molecule has 7 heteroatoms. The summed E-state index contributed by atoms with van der Waals surface area (Å²) in [6.07, 6.45) is -4.60. The van der Waals surface area contributed by atoms with Crippen molar-refractivity contribution in [2.75, 3.05) is 0 Å². The van der Waals surface area contributed by atoms with E-state index in [0.717, 1.165) is 6.07 Å². The molecule has 1 unspecified atom stereocenters. The zero-order valence-electron chi connectivity index (χ0n) is 7.85. The van der Waals surface area contributed by atoms with E-state index in [9.17, 15) is 22.0 Å². The summed E-state index contributed by atoms with van der Waals surface area (Å²) in [5.41, 5.74) is 2.21. The summed E-state index contributed by atoms with van der Waals surface area (Å²) < 4.78 is 62.1. The number of hydrogen-bond acceptors (Lipinski definition) is 2. The highest BCUT2D eigenvalue weighted by Crippen LogP contribution is 2.56. The summed E-state index contributed by atoms with van der Waals surface area (Å²) in [6, 6.07) is 1.59. The molecule has 1 fully saturated rings. The normalized spacial score (nSPS) is 27.9. The van der Waals surface area contributed by atoms with Crippen molar-refractivity contribution >= 4 is 0 Å². The molecule has 2 nitrogen and oxygen atoms in total. The lowest BCUT2D eigenvalue weighted by atomic mass is 10.1. The maximum Gasteiger partial charge on any atom is 0.417 e. The summed E-state index contributed by atoms with van der Waals surface area (Å²) >= 11 is 0. The van der Waals surface area contributed by atoms with Gasteiger partial charge in [-0.15, -0.1) is 0 Å². The fourth-order valence-electron chi connectivity index (χ4n) is 1.41. The first-order valence-electron chi connectivity index (χ1n) is 4.37. The maximum atomic E-state index is 12.8. The SMILES string of the molecule is NC1(c2ccc(C(F)(F)F)cn2)CC1(F)F. The highest BCUT2D eigenvalue weighted by atomic mass is 19.4. The van der Waals surface area contributed by atoms with Gasteiger partial charge in [0.25, 0.3) is 5.92 Å².